The minimum atomic E-state index is 0.703. The molecule has 0 amide bonds. The van der Waals surface area contributed by atoms with Crippen molar-refractivity contribution in [2.75, 3.05) is 11.9 Å². The second-order valence-electron chi connectivity index (χ2n) is 3.96. The lowest BCUT2D eigenvalue weighted by atomic mass is 10.2. The Bertz CT molecular complexity index is 463. The highest BCUT2D eigenvalue weighted by atomic mass is 16.5. The summed E-state index contributed by atoms with van der Waals surface area (Å²) in [5.74, 6) is 0.926. The van der Waals surface area contributed by atoms with Gasteiger partial charge in [0.2, 0.25) is 0 Å². The molecule has 0 radical (unpaired) electrons. The maximum Gasteiger partial charge on any atom is 0.119 e. The summed E-state index contributed by atoms with van der Waals surface area (Å²) in [4.78, 5) is 3.17. The normalized spacial score (nSPS) is 10.2. The zero-order valence-corrected chi connectivity index (χ0v) is 10.3. The molecule has 17 heavy (non-hydrogen) atoms. The van der Waals surface area contributed by atoms with E-state index >= 15 is 0 Å². The molecule has 3 nitrogen and oxygen atoms in total. The van der Waals surface area contributed by atoms with E-state index in [0.29, 0.717) is 6.61 Å². The van der Waals surface area contributed by atoms with Gasteiger partial charge in [-0.1, -0.05) is 0 Å². The second kappa shape index (κ2) is 5.43. The van der Waals surface area contributed by atoms with Crippen molar-refractivity contribution in [1.82, 2.24) is 4.98 Å². The van der Waals surface area contributed by atoms with Crippen molar-refractivity contribution in [2.24, 2.45) is 0 Å². The van der Waals surface area contributed by atoms with E-state index in [-0.39, 0.29) is 0 Å². The van der Waals surface area contributed by atoms with E-state index in [1.54, 1.807) is 0 Å². The Morgan fingerprint density at radius 2 is 2.18 bits per heavy atom. The van der Waals surface area contributed by atoms with E-state index in [2.05, 4.69) is 35.4 Å². The molecule has 0 saturated heterocycles. The van der Waals surface area contributed by atoms with Gasteiger partial charge < -0.3 is 15.0 Å². The second-order valence-corrected chi connectivity index (χ2v) is 3.96. The van der Waals surface area contributed by atoms with Crippen LogP contribution in [0.4, 0.5) is 5.69 Å². The number of rotatable bonds is 5. The number of H-pyrrole nitrogens is 1. The number of hydrogen-bond donors (Lipinski definition) is 2. The Labute approximate surface area is 102 Å². The summed E-state index contributed by atoms with van der Waals surface area (Å²) in [5, 5.41) is 3.40. The Balaban J connectivity index is 2.01. The van der Waals surface area contributed by atoms with E-state index in [0.717, 1.165) is 18.0 Å². The number of anilines is 1. The molecule has 0 spiro atoms. The number of aryl methyl sites for hydroxylation is 1. The molecule has 0 aliphatic rings. The molecule has 2 N–H and O–H groups in total. The van der Waals surface area contributed by atoms with Crippen LogP contribution in [0.15, 0.2) is 36.5 Å². The van der Waals surface area contributed by atoms with E-state index < -0.39 is 0 Å². The van der Waals surface area contributed by atoms with Gasteiger partial charge in [0.05, 0.1) is 13.2 Å². The first-order chi connectivity index (χ1) is 8.29. The average Bonchev–Trinajstić information content (AvgIpc) is 2.81. The molecule has 1 aromatic carbocycles. The van der Waals surface area contributed by atoms with Crippen molar-refractivity contribution in [3.63, 3.8) is 0 Å². The lowest BCUT2D eigenvalue weighted by Gasteiger charge is -2.10. The fraction of sp³-hybridized carbons (Fsp3) is 0.286. The molecule has 0 saturated carbocycles. The first-order valence-corrected chi connectivity index (χ1v) is 5.89. The predicted octanol–water partition coefficient (Wildman–Crippen LogP) is 3.33. The number of aromatic amines is 1. The summed E-state index contributed by atoms with van der Waals surface area (Å²) < 4.78 is 5.46. The molecule has 0 bridgehead atoms. The monoisotopic (exact) mass is 230 g/mol. The first-order valence-electron chi connectivity index (χ1n) is 5.89. The Kier molecular flexibility index (Phi) is 3.70. The molecule has 90 valence electrons. The Hall–Kier alpha value is -1.90. The average molecular weight is 230 g/mol. The van der Waals surface area contributed by atoms with Gasteiger partial charge in [0.25, 0.3) is 0 Å². The van der Waals surface area contributed by atoms with E-state index in [4.69, 9.17) is 4.74 Å². The number of nitrogens with one attached hydrogen (secondary N) is 2. The number of aromatic nitrogens is 1. The van der Waals surface area contributed by atoms with Gasteiger partial charge in [-0.2, -0.15) is 0 Å². The number of benzene rings is 1. The summed E-state index contributed by atoms with van der Waals surface area (Å²) in [6.07, 6.45) is 1.93. The molecule has 1 aromatic heterocycles. The summed E-state index contributed by atoms with van der Waals surface area (Å²) in [5.41, 5.74) is 3.52. The summed E-state index contributed by atoms with van der Waals surface area (Å²) in [6.45, 7) is 5.59. The molecule has 0 aliphatic heterocycles. The zero-order valence-electron chi connectivity index (χ0n) is 10.3. The van der Waals surface area contributed by atoms with Crippen molar-refractivity contribution in [2.45, 2.75) is 20.4 Å². The molecule has 0 aliphatic carbocycles. The molecule has 0 fully saturated rings. The molecule has 1 heterocycles. The van der Waals surface area contributed by atoms with Crippen molar-refractivity contribution in [3.05, 3.63) is 47.8 Å². The molecule has 2 rings (SSSR count). The van der Waals surface area contributed by atoms with Crippen molar-refractivity contribution in [1.29, 1.82) is 0 Å². The molecule has 0 unspecified atom stereocenters. The minimum Gasteiger partial charge on any atom is -0.494 e. The highest BCUT2D eigenvalue weighted by Crippen LogP contribution is 2.21. The van der Waals surface area contributed by atoms with Crippen LogP contribution in [0.3, 0.4) is 0 Å². The van der Waals surface area contributed by atoms with Gasteiger partial charge in [-0.15, -0.1) is 0 Å². The van der Waals surface area contributed by atoms with Gasteiger partial charge in [-0.3, -0.25) is 0 Å². The topological polar surface area (TPSA) is 37.0 Å². The standard InChI is InChI=1S/C14H18N2O/c1-3-17-13-6-7-14(11(2)9-13)16-10-12-5-4-8-15-12/h4-9,15-16H,3,10H2,1-2H3. The fourth-order valence-corrected chi connectivity index (χ4v) is 1.76. The lowest BCUT2D eigenvalue weighted by Crippen LogP contribution is -2.01. The highest BCUT2D eigenvalue weighted by molar-refractivity contribution is 5.53. The largest absolute Gasteiger partial charge is 0.494 e. The van der Waals surface area contributed by atoms with E-state index in [9.17, 15) is 0 Å². The fourth-order valence-electron chi connectivity index (χ4n) is 1.76. The maximum atomic E-state index is 5.46. The van der Waals surface area contributed by atoms with E-state index in [1.807, 2.05) is 25.3 Å². The smallest absolute Gasteiger partial charge is 0.119 e. The molecule has 2 aromatic rings. The summed E-state index contributed by atoms with van der Waals surface area (Å²) in [7, 11) is 0. The van der Waals surface area contributed by atoms with Crippen LogP contribution in [0.1, 0.15) is 18.2 Å². The third-order valence-electron chi connectivity index (χ3n) is 2.64. The molecule has 3 heteroatoms. The SMILES string of the molecule is CCOc1ccc(NCc2ccc[nH]2)c(C)c1. The van der Waals surface area contributed by atoms with Gasteiger partial charge in [0, 0.05) is 17.6 Å². The number of hydrogen-bond acceptors (Lipinski definition) is 2. The predicted molar refractivity (Wildman–Crippen MR) is 70.5 cm³/mol. The Morgan fingerprint density at radius 1 is 1.29 bits per heavy atom. The molecular weight excluding hydrogens is 212 g/mol. The summed E-state index contributed by atoms with van der Waals surface area (Å²) >= 11 is 0. The van der Waals surface area contributed by atoms with Gasteiger partial charge in [0.15, 0.2) is 0 Å². The van der Waals surface area contributed by atoms with Gasteiger partial charge in [0.1, 0.15) is 5.75 Å². The van der Waals surface area contributed by atoms with Crippen molar-refractivity contribution >= 4 is 5.69 Å². The van der Waals surface area contributed by atoms with Crippen LogP contribution in [0.2, 0.25) is 0 Å². The minimum absolute atomic E-state index is 0.703. The van der Waals surface area contributed by atoms with Gasteiger partial charge in [-0.05, 0) is 49.7 Å². The van der Waals surface area contributed by atoms with Crippen LogP contribution < -0.4 is 10.1 Å². The van der Waals surface area contributed by atoms with Crippen molar-refractivity contribution < 1.29 is 4.74 Å². The third kappa shape index (κ3) is 3.03. The molecular formula is C14H18N2O. The van der Waals surface area contributed by atoms with Crippen LogP contribution >= 0.6 is 0 Å². The van der Waals surface area contributed by atoms with Gasteiger partial charge >= 0.3 is 0 Å². The Morgan fingerprint density at radius 3 is 2.82 bits per heavy atom. The van der Waals surface area contributed by atoms with Gasteiger partial charge in [-0.25, -0.2) is 0 Å². The summed E-state index contributed by atoms with van der Waals surface area (Å²) in [6, 6.07) is 10.2. The van der Waals surface area contributed by atoms with E-state index in [1.165, 1.54) is 11.3 Å². The zero-order chi connectivity index (χ0) is 12.1. The maximum absolute atomic E-state index is 5.46. The van der Waals surface area contributed by atoms with Crippen LogP contribution in [-0.2, 0) is 6.54 Å². The van der Waals surface area contributed by atoms with Crippen LogP contribution in [0.5, 0.6) is 5.75 Å². The van der Waals surface area contributed by atoms with Crippen LogP contribution in [0.25, 0.3) is 0 Å². The quantitative estimate of drug-likeness (QED) is 0.826. The molecule has 0 atom stereocenters. The van der Waals surface area contributed by atoms with Crippen LogP contribution in [0, 0.1) is 6.92 Å². The third-order valence-corrected chi connectivity index (χ3v) is 2.64. The highest BCUT2D eigenvalue weighted by Gasteiger charge is 2.00. The first kappa shape index (κ1) is 11.6. The lowest BCUT2D eigenvalue weighted by molar-refractivity contribution is 0.340. The number of ether oxygens (including phenoxy) is 1. The van der Waals surface area contributed by atoms with Crippen molar-refractivity contribution in [3.8, 4) is 5.75 Å². The van der Waals surface area contributed by atoms with Crippen LogP contribution in [-0.4, -0.2) is 11.6 Å².